The molecule has 2 aromatic heterocycles. The highest BCUT2D eigenvalue weighted by atomic mass is 16.7. The topological polar surface area (TPSA) is 85.1 Å². The van der Waals surface area contributed by atoms with Crippen LogP contribution in [0.25, 0.3) is 17.0 Å². The average molecular weight is 457 g/mol. The fraction of sp³-hybridized carbons (Fsp3) is 0.280. The largest absolute Gasteiger partial charge is 0.454 e. The number of amides is 1. The fourth-order valence-electron chi connectivity index (χ4n) is 4.36. The van der Waals surface area contributed by atoms with Crippen molar-refractivity contribution in [2.45, 2.75) is 13.8 Å². The summed E-state index contributed by atoms with van der Waals surface area (Å²) in [5.41, 5.74) is 4.86. The van der Waals surface area contributed by atoms with Crippen molar-refractivity contribution in [1.82, 2.24) is 24.5 Å². The van der Waals surface area contributed by atoms with E-state index in [1.54, 1.807) is 10.7 Å². The Morgan fingerprint density at radius 3 is 2.56 bits per heavy atom. The monoisotopic (exact) mass is 456 g/mol. The standard InChI is InChI=1S/C25H24N6O3/c1-16-3-4-19(13-17(16)2)23(32)29-9-11-30(12-10-29)25-27-24-26-8-7-20(31(24)28-25)18-5-6-21-22(14-18)34-15-33-21/h3-8,13-14H,9-12,15H2,1-2H3. The number of rotatable bonds is 3. The summed E-state index contributed by atoms with van der Waals surface area (Å²) in [6, 6.07) is 13.6. The Morgan fingerprint density at radius 1 is 0.912 bits per heavy atom. The first-order valence-corrected chi connectivity index (χ1v) is 11.3. The number of hydrogen-bond acceptors (Lipinski definition) is 7. The number of aromatic nitrogens is 4. The summed E-state index contributed by atoms with van der Waals surface area (Å²) in [7, 11) is 0. The second-order valence-electron chi connectivity index (χ2n) is 8.60. The van der Waals surface area contributed by atoms with Gasteiger partial charge in [0.25, 0.3) is 11.7 Å². The van der Waals surface area contributed by atoms with E-state index >= 15 is 0 Å². The quantitative estimate of drug-likeness (QED) is 0.468. The van der Waals surface area contributed by atoms with Gasteiger partial charge in [-0.25, -0.2) is 4.98 Å². The van der Waals surface area contributed by atoms with E-state index in [0.717, 1.165) is 28.1 Å². The minimum absolute atomic E-state index is 0.0671. The van der Waals surface area contributed by atoms with Crippen LogP contribution in [0.4, 0.5) is 5.95 Å². The first-order chi connectivity index (χ1) is 16.6. The molecule has 2 aliphatic rings. The molecule has 0 radical (unpaired) electrons. The van der Waals surface area contributed by atoms with E-state index in [1.165, 1.54) is 5.56 Å². The molecule has 1 fully saturated rings. The van der Waals surface area contributed by atoms with Gasteiger partial charge in [-0.3, -0.25) is 4.79 Å². The Balaban J connectivity index is 1.21. The summed E-state index contributed by atoms with van der Waals surface area (Å²) in [6.45, 7) is 6.87. The predicted octanol–water partition coefficient (Wildman–Crippen LogP) is 3.10. The molecule has 0 saturated carbocycles. The van der Waals surface area contributed by atoms with Crippen molar-refractivity contribution in [3.8, 4) is 22.8 Å². The van der Waals surface area contributed by atoms with Crippen LogP contribution in [0.1, 0.15) is 21.5 Å². The molecule has 1 amide bonds. The fourth-order valence-corrected chi connectivity index (χ4v) is 4.36. The van der Waals surface area contributed by atoms with Crippen molar-refractivity contribution in [2.75, 3.05) is 37.9 Å². The maximum absolute atomic E-state index is 13.0. The summed E-state index contributed by atoms with van der Waals surface area (Å²) in [4.78, 5) is 26.0. The first-order valence-electron chi connectivity index (χ1n) is 11.3. The molecule has 0 bridgehead atoms. The van der Waals surface area contributed by atoms with E-state index in [0.29, 0.717) is 43.7 Å². The third-order valence-electron chi connectivity index (χ3n) is 6.50. The molecule has 1 saturated heterocycles. The van der Waals surface area contributed by atoms with Crippen LogP contribution in [0.5, 0.6) is 11.5 Å². The molecular formula is C25H24N6O3. The lowest BCUT2D eigenvalue weighted by Gasteiger charge is -2.34. The van der Waals surface area contributed by atoms with Crippen LogP contribution in [0.2, 0.25) is 0 Å². The lowest BCUT2D eigenvalue weighted by Crippen LogP contribution is -2.49. The van der Waals surface area contributed by atoms with Crippen LogP contribution < -0.4 is 14.4 Å². The van der Waals surface area contributed by atoms with Gasteiger partial charge in [0.15, 0.2) is 11.5 Å². The molecule has 0 spiro atoms. The van der Waals surface area contributed by atoms with Gasteiger partial charge in [0.05, 0.1) is 5.69 Å². The predicted molar refractivity (Wildman–Crippen MR) is 126 cm³/mol. The van der Waals surface area contributed by atoms with E-state index in [2.05, 4.69) is 21.8 Å². The van der Waals surface area contributed by atoms with E-state index in [1.807, 2.05) is 54.3 Å². The van der Waals surface area contributed by atoms with Gasteiger partial charge in [-0.15, -0.1) is 5.10 Å². The molecule has 0 atom stereocenters. The molecule has 2 aliphatic heterocycles. The van der Waals surface area contributed by atoms with Crippen molar-refractivity contribution in [1.29, 1.82) is 0 Å². The molecule has 9 heteroatoms. The number of piperazine rings is 1. The van der Waals surface area contributed by atoms with E-state index in [-0.39, 0.29) is 12.7 Å². The number of hydrogen-bond donors (Lipinski definition) is 0. The number of ether oxygens (including phenoxy) is 2. The zero-order valence-electron chi connectivity index (χ0n) is 19.1. The number of carbonyl (C=O) groups is 1. The van der Waals surface area contributed by atoms with Crippen LogP contribution in [0.3, 0.4) is 0 Å². The van der Waals surface area contributed by atoms with Gasteiger partial charge in [0.1, 0.15) is 0 Å². The third kappa shape index (κ3) is 3.49. The number of carbonyl (C=O) groups excluding carboxylic acids is 1. The van der Waals surface area contributed by atoms with Crippen molar-refractivity contribution < 1.29 is 14.3 Å². The molecule has 9 nitrogen and oxygen atoms in total. The second-order valence-corrected chi connectivity index (χ2v) is 8.60. The minimum Gasteiger partial charge on any atom is -0.454 e. The molecule has 0 aliphatic carbocycles. The summed E-state index contributed by atoms with van der Waals surface area (Å²) in [6.07, 6.45) is 1.73. The van der Waals surface area contributed by atoms with Crippen molar-refractivity contribution in [3.63, 3.8) is 0 Å². The second kappa shape index (κ2) is 8.02. The SMILES string of the molecule is Cc1ccc(C(=O)N2CCN(c3nc4nccc(-c5ccc6c(c5)OCO6)n4n3)CC2)cc1C. The maximum Gasteiger partial charge on any atom is 0.254 e. The Bertz CT molecular complexity index is 1410. The molecule has 2 aromatic carbocycles. The summed E-state index contributed by atoms with van der Waals surface area (Å²) in [5, 5.41) is 4.75. The summed E-state index contributed by atoms with van der Waals surface area (Å²) in [5.74, 6) is 2.66. The molecule has 172 valence electrons. The van der Waals surface area contributed by atoms with Gasteiger partial charge in [0, 0.05) is 43.5 Å². The van der Waals surface area contributed by atoms with Crippen LogP contribution in [-0.2, 0) is 0 Å². The number of fused-ring (bicyclic) bond motifs is 2. The van der Waals surface area contributed by atoms with Gasteiger partial charge in [0.2, 0.25) is 12.7 Å². The van der Waals surface area contributed by atoms with Gasteiger partial charge in [-0.1, -0.05) is 6.07 Å². The highest BCUT2D eigenvalue weighted by molar-refractivity contribution is 5.94. The Labute approximate surface area is 196 Å². The van der Waals surface area contributed by atoms with Crippen LogP contribution in [0.15, 0.2) is 48.7 Å². The minimum atomic E-state index is 0.0671. The lowest BCUT2D eigenvalue weighted by molar-refractivity contribution is 0.0746. The van der Waals surface area contributed by atoms with Gasteiger partial charge >= 0.3 is 0 Å². The maximum atomic E-state index is 13.0. The zero-order chi connectivity index (χ0) is 23.2. The molecule has 0 N–H and O–H groups in total. The van der Waals surface area contributed by atoms with Crippen molar-refractivity contribution in [3.05, 3.63) is 65.4 Å². The number of aryl methyl sites for hydroxylation is 2. The van der Waals surface area contributed by atoms with Crippen LogP contribution in [0, 0.1) is 13.8 Å². The number of anilines is 1. The Morgan fingerprint density at radius 2 is 1.74 bits per heavy atom. The number of benzene rings is 2. The molecule has 0 unspecified atom stereocenters. The molecule has 4 heterocycles. The summed E-state index contributed by atoms with van der Waals surface area (Å²) < 4.78 is 12.7. The van der Waals surface area contributed by atoms with E-state index in [4.69, 9.17) is 14.6 Å². The van der Waals surface area contributed by atoms with Gasteiger partial charge in [-0.05, 0) is 61.4 Å². The molecular weight excluding hydrogens is 432 g/mol. The molecule has 6 rings (SSSR count). The van der Waals surface area contributed by atoms with Crippen molar-refractivity contribution in [2.24, 2.45) is 0 Å². The molecule has 4 aromatic rings. The Kier molecular flexibility index (Phi) is 4.83. The van der Waals surface area contributed by atoms with Crippen molar-refractivity contribution >= 4 is 17.6 Å². The lowest BCUT2D eigenvalue weighted by atomic mass is 10.1. The van der Waals surface area contributed by atoms with Crippen LogP contribution >= 0.6 is 0 Å². The van der Waals surface area contributed by atoms with Gasteiger partial charge < -0.3 is 19.3 Å². The normalized spacial score (nSPS) is 15.2. The Hall–Kier alpha value is -4.14. The first kappa shape index (κ1) is 20.5. The third-order valence-corrected chi connectivity index (χ3v) is 6.50. The highest BCUT2D eigenvalue weighted by Gasteiger charge is 2.25. The molecule has 34 heavy (non-hydrogen) atoms. The number of nitrogens with zero attached hydrogens (tertiary/aromatic N) is 6. The zero-order valence-corrected chi connectivity index (χ0v) is 19.1. The highest BCUT2D eigenvalue weighted by Crippen LogP contribution is 2.35. The van der Waals surface area contributed by atoms with Gasteiger partial charge in [-0.2, -0.15) is 9.50 Å². The van der Waals surface area contributed by atoms with E-state index in [9.17, 15) is 4.79 Å². The van der Waals surface area contributed by atoms with Crippen LogP contribution in [-0.4, -0.2) is 63.4 Å². The summed E-state index contributed by atoms with van der Waals surface area (Å²) >= 11 is 0. The average Bonchev–Trinajstić information content (AvgIpc) is 3.52. The van der Waals surface area contributed by atoms with E-state index < -0.39 is 0 Å². The smallest absolute Gasteiger partial charge is 0.254 e.